The van der Waals surface area contributed by atoms with Crippen molar-refractivity contribution in [3.63, 3.8) is 0 Å². The summed E-state index contributed by atoms with van der Waals surface area (Å²) in [7, 11) is -4.26. The summed E-state index contributed by atoms with van der Waals surface area (Å²) in [6, 6.07) is 12.3. The molecule has 27 heavy (non-hydrogen) atoms. The molecule has 2 N–H and O–H groups in total. The van der Waals surface area contributed by atoms with Crippen LogP contribution in [0.25, 0.3) is 0 Å². The molecule has 0 radical (unpaired) electrons. The van der Waals surface area contributed by atoms with Crippen LogP contribution in [0.15, 0.2) is 59.5 Å². The Hall–Kier alpha value is -2.83. The van der Waals surface area contributed by atoms with Crippen LogP contribution in [0.4, 0.5) is 13.2 Å². The van der Waals surface area contributed by atoms with Crippen LogP contribution in [0.3, 0.4) is 0 Å². The zero-order chi connectivity index (χ0) is 19.9. The van der Waals surface area contributed by atoms with Gasteiger partial charge in [0.2, 0.25) is 15.9 Å². The highest BCUT2D eigenvalue weighted by Crippen LogP contribution is 2.30. The molecule has 0 unspecified atom stereocenters. The van der Waals surface area contributed by atoms with Gasteiger partial charge in [-0.2, -0.15) is 13.2 Å². The van der Waals surface area contributed by atoms with Crippen LogP contribution >= 0.6 is 0 Å². The first-order valence-corrected chi connectivity index (χ1v) is 9.14. The summed E-state index contributed by atoms with van der Waals surface area (Å²) in [5, 5.41) is 2.39. The molecule has 5 nitrogen and oxygen atoms in total. The van der Waals surface area contributed by atoms with E-state index >= 15 is 0 Å². The minimum absolute atomic E-state index is 0.000978. The highest BCUT2D eigenvalue weighted by Gasteiger charge is 2.31. The van der Waals surface area contributed by atoms with E-state index in [2.05, 4.69) is 17.2 Å². The van der Waals surface area contributed by atoms with E-state index < -0.39 is 39.1 Å². The third-order valence-corrected chi connectivity index (χ3v) is 4.67. The maximum absolute atomic E-state index is 12.7. The van der Waals surface area contributed by atoms with Crippen molar-refractivity contribution in [3.05, 3.63) is 65.7 Å². The Bertz CT molecular complexity index is 963. The third-order valence-electron chi connectivity index (χ3n) is 3.27. The summed E-state index contributed by atoms with van der Waals surface area (Å²) in [6.45, 7) is -0.620. The van der Waals surface area contributed by atoms with Crippen molar-refractivity contribution < 1.29 is 26.4 Å². The fourth-order valence-corrected chi connectivity index (χ4v) is 2.98. The van der Waals surface area contributed by atoms with Gasteiger partial charge in [-0.05, 0) is 30.3 Å². The Balaban J connectivity index is 1.90. The lowest BCUT2D eigenvalue weighted by atomic mass is 10.2. The standard InChI is InChI=1S/C18H15F3N2O3S/c19-18(20,21)15-9-4-10-16(12-15)27(25,26)23-13-17(24)22-11-5-8-14-6-2-1-3-7-14/h1-4,6-7,9-10,12,23H,11,13H2,(H,22,24). The second-order valence-corrected chi connectivity index (χ2v) is 7.06. The van der Waals surface area contributed by atoms with Crippen LogP contribution < -0.4 is 10.0 Å². The minimum atomic E-state index is -4.67. The fraction of sp³-hybridized carbons (Fsp3) is 0.167. The van der Waals surface area contributed by atoms with Gasteiger partial charge in [-0.1, -0.05) is 36.1 Å². The average Bonchev–Trinajstić information content (AvgIpc) is 2.64. The molecule has 2 rings (SSSR count). The van der Waals surface area contributed by atoms with Crippen molar-refractivity contribution >= 4 is 15.9 Å². The first-order valence-electron chi connectivity index (χ1n) is 7.66. The van der Waals surface area contributed by atoms with Crippen molar-refractivity contribution in [1.82, 2.24) is 10.0 Å². The van der Waals surface area contributed by atoms with Gasteiger partial charge >= 0.3 is 6.18 Å². The Labute approximate surface area is 154 Å². The van der Waals surface area contributed by atoms with Gasteiger partial charge in [0.1, 0.15) is 0 Å². The molecule has 9 heteroatoms. The normalized spacial score (nSPS) is 11.4. The fourth-order valence-electron chi connectivity index (χ4n) is 1.96. The molecule has 2 aromatic rings. The molecule has 0 aliphatic rings. The van der Waals surface area contributed by atoms with Gasteiger partial charge in [-0.3, -0.25) is 4.79 Å². The lowest BCUT2D eigenvalue weighted by Crippen LogP contribution is -2.37. The molecule has 0 bridgehead atoms. The van der Waals surface area contributed by atoms with Gasteiger partial charge in [-0.15, -0.1) is 0 Å². The molecule has 0 spiro atoms. The average molecular weight is 396 g/mol. The van der Waals surface area contributed by atoms with Crippen molar-refractivity contribution in [1.29, 1.82) is 0 Å². The highest BCUT2D eigenvalue weighted by atomic mass is 32.2. The van der Waals surface area contributed by atoms with Crippen molar-refractivity contribution in [3.8, 4) is 11.8 Å². The lowest BCUT2D eigenvalue weighted by Gasteiger charge is -2.10. The maximum Gasteiger partial charge on any atom is 0.416 e. The number of carbonyl (C=O) groups excluding carboxylic acids is 1. The third kappa shape index (κ3) is 6.44. The second-order valence-electron chi connectivity index (χ2n) is 5.29. The molecular weight excluding hydrogens is 381 g/mol. The molecule has 0 aliphatic heterocycles. The monoisotopic (exact) mass is 396 g/mol. The van der Waals surface area contributed by atoms with Crippen LogP contribution in [-0.4, -0.2) is 27.4 Å². The molecular formula is C18H15F3N2O3S. The SMILES string of the molecule is O=C(CNS(=O)(=O)c1cccc(C(F)(F)F)c1)NCC#Cc1ccccc1. The maximum atomic E-state index is 12.7. The molecule has 1 amide bonds. The van der Waals surface area contributed by atoms with E-state index in [4.69, 9.17) is 0 Å². The Morgan fingerprint density at radius 1 is 1.04 bits per heavy atom. The molecule has 0 heterocycles. The number of rotatable bonds is 5. The number of halogens is 3. The molecule has 0 aromatic heterocycles. The predicted octanol–water partition coefficient (Wildman–Crippen LogP) is 2.15. The number of carbonyl (C=O) groups is 1. The molecule has 142 valence electrons. The smallest absolute Gasteiger partial charge is 0.344 e. The van der Waals surface area contributed by atoms with Crippen LogP contribution in [0.5, 0.6) is 0 Å². The molecule has 2 aromatic carbocycles. The summed E-state index contributed by atoms with van der Waals surface area (Å²) in [5.41, 5.74) is -0.331. The van der Waals surface area contributed by atoms with Gasteiger partial charge in [0.15, 0.2) is 0 Å². The number of hydrogen-bond acceptors (Lipinski definition) is 3. The topological polar surface area (TPSA) is 75.3 Å². The quantitative estimate of drug-likeness (QED) is 0.761. The van der Waals surface area contributed by atoms with Gasteiger partial charge in [-0.25, -0.2) is 13.1 Å². The van der Waals surface area contributed by atoms with Crippen LogP contribution in [0, 0.1) is 11.8 Å². The predicted molar refractivity (Wildman–Crippen MR) is 93.0 cm³/mol. The van der Waals surface area contributed by atoms with E-state index in [1.807, 2.05) is 22.9 Å². The number of amides is 1. The number of benzene rings is 2. The Morgan fingerprint density at radius 3 is 2.41 bits per heavy atom. The number of nitrogens with one attached hydrogen (secondary N) is 2. The van der Waals surface area contributed by atoms with Crippen molar-refractivity contribution in [2.24, 2.45) is 0 Å². The Morgan fingerprint density at radius 2 is 1.74 bits per heavy atom. The molecule has 0 saturated carbocycles. The van der Waals surface area contributed by atoms with Gasteiger partial charge in [0.25, 0.3) is 0 Å². The number of sulfonamides is 1. The largest absolute Gasteiger partial charge is 0.416 e. The molecule has 0 aliphatic carbocycles. The number of hydrogen-bond donors (Lipinski definition) is 2. The van der Waals surface area contributed by atoms with E-state index in [0.717, 1.165) is 23.8 Å². The molecule has 0 fully saturated rings. The summed E-state index contributed by atoms with van der Waals surface area (Å²) < 4.78 is 64.1. The van der Waals surface area contributed by atoms with E-state index in [-0.39, 0.29) is 6.54 Å². The van der Waals surface area contributed by atoms with Gasteiger partial charge < -0.3 is 5.32 Å². The van der Waals surface area contributed by atoms with Crippen molar-refractivity contribution in [2.45, 2.75) is 11.1 Å². The van der Waals surface area contributed by atoms with E-state index in [1.165, 1.54) is 0 Å². The lowest BCUT2D eigenvalue weighted by molar-refractivity contribution is -0.137. The van der Waals surface area contributed by atoms with Crippen LogP contribution in [-0.2, 0) is 21.0 Å². The molecule has 0 saturated heterocycles. The van der Waals surface area contributed by atoms with E-state index in [0.29, 0.717) is 6.07 Å². The van der Waals surface area contributed by atoms with E-state index in [9.17, 15) is 26.4 Å². The summed E-state index contributed by atoms with van der Waals surface area (Å²) in [5.74, 6) is 4.85. The first kappa shape index (κ1) is 20.5. The van der Waals surface area contributed by atoms with Crippen LogP contribution in [0.2, 0.25) is 0 Å². The van der Waals surface area contributed by atoms with Gasteiger partial charge in [0.05, 0.1) is 23.5 Å². The summed E-state index contributed by atoms with van der Waals surface area (Å²) >= 11 is 0. The summed E-state index contributed by atoms with van der Waals surface area (Å²) in [6.07, 6.45) is -4.67. The van der Waals surface area contributed by atoms with Gasteiger partial charge in [0, 0.05) is 5.56 Å². The zero-order valence-corrected chi connectivity index (χ0v) is 14.7. The van der Waals surface area contributed by atoms with Crippen LogP contribution in [0.1, 0.15) is 11.1 Å². The highest BCUT2D eigenvalue weighted by molar-refractivity contribution is 7.89. The summed E-state index contributed by atoms with van der Waals surface area (Å²) in [4.78, 5) is 11.1. The van der Waals surface area contributed by atoms with E-state index in [1.54, 1.807) is 12.1 Å². The Kier molecular flexibility index (Phi) is 6.60. The second kappa shape index (κ2) is 8.70. The zero-order valence-electron chi connectivity index (χ0n) is 13.9. The molecule has 0 atom stereocenters. The van der Waals surface area contributed by atoms with Crippen molar-refractivity contribution in [2.75, 3.05) is 13.1 Å². The first-order chi connectivity index (χ1) is 12.7. The number of alkyl halides is 3. The minimum Gasteiger partial charge on any atom is -0.344 e.